The number of primary amides is 1. The summed E-state index contributed by atoms with van der Waals surface area (Å²) in [6.07, 6.45) is -0.943. The first-order chi connectivity index (χ1) is 60.5. The van der Waals surface area contributed by atoms with Crippen LogP contribution in [0.15, 0.2) is 190 Å². The number of aryl methyl sites for hydroxylation is 1. The highest BCUT2D eigenvalue weighted by molar-refractivity contribution is 8.00. The van der Waals surface area contributed by atoms with Crippen molar-refractivity contribution in [3.05, 3.63) is 250 Å². The third-order valence-corrected chi connectivity index (χ3v) is 40.0. The molecule has 5 aromatic carbocycles. The number of nitrogens with two attached hydrogens (primary N) is 2. The van der Waals surface area contributed by atoms with Gasteiger partial charge in [-0.1, -0.05) is 207 Å². The topological polar surface area (TPSA) is 398 Å². The average molecular weight is 1900 g/mol. The second-order valence-corrected chi connectivity index (χ2v) is 51.5. The van der Waals surface area contributed by atoms with E-state index < -0.39 is 115 Å². The smallest absolute Gasteiger partial charge is 0.355 e. The number of esters is 1. The largest absolute Gasteiger partial charge is 0.476 e. The normalized spacial score (nSPS) is 13.9. The highest BCUT2D eigenvalue weighted by Crippen LogP contribution is 2.51. The van der Waals surface area contributed by atoms with E-state index in [1.165, 1.54) is 51.1 Å². The Kier molecular flexibility index (Phi) is 32.4. The highest BCUT2D eigenvalue weighted by atomic mass is 32.2. The van der Waals surface area contributed by atoms with Crippen LogP contribution in [0.25, 0.3) is 38.4 Å². The van der Waals surface area contributed by atoms with Gasteiger partial charge in [-0.15, -0.1) is 68.4 Å². The maximum atomic E-state index is 15.2. The van der Waals surface area contributed by atoms with Crippen molar-refractivity contribution in [3.63, 3.8) is 0 Å². The van der Waals surface area contributed by atoms with E-state index in [9.17, 15) is 37.5 Å². The molecule has 27 nitrogen and oxygen atoms in total. The average Bonchev–Trinajstić information content (AvgIpc) is 0.824. The molecule has 0 saturated carbocycles. The molecule has 0 aliphatic rings. The molecule has 0 spiro atoms. The molecule has 0 bridgehead atoms. The zero-order valence-corrected chi connectivity index (χ0v) is 82.0. The number of nitrogens with zero attached hydrogens (tertiary/aromatic N) is 6. The minimum atomic E-state index is -4.74. The van der Waals surface area contributed by atoms with Crippen molar-refractivity contribution in [1.29, 1.82) is 0 Å². The molecule has 128 heavy (non-hydrogen) atoms. The number of carbonyl (C=O) groups excluding carboxylic acids is 6. The van der Waals surface area contributed by atoms with E-state index in [1.807, 2.05) is 119 Å². The second-order valence-electron chi connectivity index (χ2n) is 34.2. The Bertz CT molecular complexity index is 5760. The van der Waals surface area contributed by atoms with Gasteiger partial charge in [-0.05, 0) is 117 Å². The van der Waals surface area contributed by atoms with Crippen molar-refractivity contribution in [2.24, 2.45) is 11.5 Å². The highest BCUT2D eigenvalue weighted by Gasteiger charge is 2.47. The summed E-state index contributed by atoms with van der Waals surface area (Å²) in [6.45, 7) is 32.7. The summed E-state index contributed by atoms with van der Waals surface area (Å²) in [7, 11) is -10.1. The summed E-state index contributed by atoms with van der Waals surface area (Å²) in [4.78, 5) is 128. The van der Waals surface area contributed by atoms with Gasteiger partial charge in [0.15, 0.2) is 28.1 Å². The van der Waals surface area contributed by atoms with Gasteiger partial charge in [0.2, 0.25) is 11.8 Å². The number of carboxylic acid groups (broad SMARTS) is 1. The van der Waals surface area contributed by atoms with Crippen LogP contribution in [-0.2, 0) is 54.2 Å². The zero-order valence-electron chi connectivity index (χ0n) is 74.3. The molecule has 676 valence electrons. The summed E-state index contributed by atoms with van der Waals surface area (Å²) in [5.74, 6) is -6.01. The summed E-state index contributed by atoms with van der Waals surface area (Å²) in [5, 5.41) is 29.4. The minimum Gasteiger partial charge on any atom is -0.476 e. The number of carbonyl (C=O) groups is 7. The van der Waals surface area contributed by atoms with E-state index in [0.29, 0.717) is 10.8 Å². The molecule has 0 radical (unpaired) electrons. The Balaban J connectivity index is 0.939. The van der Waals surface area contributed by atoms with E-state index in [1.54, 1.807) is 76.9 Å². The number of aromatic nitrogens is 6. The van der Waals surface area contributed by atoms with Gasteiger partial charge in [-0.2, -0.15) is 8.42 Å². The molecular formula is C92H108N12O15S7Si2. The number of benzene rings is 5. The van der Waals surface area contributed by atoms with Crippen molar-refractivity contribution in [2.75, 3.05) is 12.4 Å². The second kappa shape index (κ2) is 42.1. The van der Waals surface area contributed by atoms with Gasteiger partial charge in [0.05, 0.1) is 40.8 Å². The fraction of sp³-hybridized carbons (Fsp3) is 0.359. The van der Waals surface area contributed by atoms with Crippen LogP contribution in [-0.4, -0.2) is 144 Å². The number of thioether (sulfide) groups is 1. The molecule has 0 saturated heterocycles. The predicted molar refractivity (Wildman–Crippen MR) is 510 cm³/mol. The van der Waals surface area contributed by atoms with Gasteiger partial charge in [0, 0.05) is 44.6 Å². The third kappa shape index (κ3) is 23.7. The van der Waals surface area contributed by atoms with Crippen molar-refractivity contribution in [3.8, 4) is 38.4 Å². The number of nitrogens with one attached hydrogen (secondary N) is 4. The van der Waals surface area contributed by atoms with Crippen molar-refractivity contribution in [2.45, 2.75) is 203 Å². The molecule has 0 aliphatic heterocycles. The molecule has 0 aliphatic carbocycles. The number of thiazole rings is 5. The molecule has 6 aromatic heterocycles. The lowest BCUT2D eigenvalue weighted by Gasteiger charge is -2.42. The van der Waals surface area contributed by atoms with Crippen LogP contribution in [0.2, 0.25) is 34.8 Å². The molecule has 0 fully saturated rings. The first-order valence-corrected chi connectivity index (χ1v) is 53.4. The van der Waals surface area contributed by atoms with Gasteiger partial charge < -0.3 is 60.3 Å². The molecule has 11 aromatic rings. The minimum absolute atomic E-state index is 0.00172. The first-order valence-electron chi connectivity index (χ1n) is 41.6. The maximum absolute atomic E-state index is 15.2. The summed E-state index contributed by atoms with van der Waals surface area (Å²) in [6, 6.07) is 42.4. The lowest BCUT2D eigenvalue weighted by molar-refractivity contribution is -0.154. The Morgan fingerprint density at radius 2 is 1.13 bits per heavy atom. The van der Waals surface area contributed by atoms with E-state index >= 15 is 9.59 Å². The summed E-state index contributed by atoms with van der Waals surface area (Å²) < 4.78 is 60.8. The van der Waals surface area contributed by atoms with Crippen molar-refractivity contribution in [1.82, 2.24) is 51.2 Å². The van der Waals surface area contributed by atoms with E-state index in [0.717, 1.165) is 73.2 Å². The van der Waals surface area contributed by atoms with Crippen LogP contribution in [0.5, 0.6) is 5.75 Å². The SMILES string of the molecule is C/C=C(\NC(=O)[C@@H](NC(=O)c1csc(-c2cc(OS(=O)(=O)c3ccc(C)cc3)c(-c3nc(C(=O)N[C@@H](CO[Si](C(C)C)(C(C)C)C(C)C)C(N)=O)cs3)nc2-c2csc([C@@H](N)CSC(c3ccccc3)(c3ccccc3)c3ccccc3)n2)n1)[C@@H](C)OC(C)(C)C)c1nc(C(=O)N[C@@H](C[C@H](O[Si](C)(C)C(C)(C)C)C(=O)OCc2ccccc2)c2nc(C(=O)O)cs2)cs1. The zero-order chi connectivity index (χ0) is 93.0. The number of amides is 5. The fourth-order valence-corrected chi connectivity index (χ4v) is 28.0. The summed E-state index contributed by atoms with van der Waals surface area (Å²) in [5.41, 5.74) is 17.1. The van der Waals surface area contributed by atoms with E-state index in [-0.39, 0.29) is 123 Å². The molecule has 36 heteroatoms. The third-order valence-electron chi connectivity index (χ3n) is 22.0. The molecule has 5 amide bonds. The number of carboxylic acids is 1. The van der Waals surface area contributed by atoms with Gasteiger partial charge in [-0.25, -0.2) is 39.5 Å². The van der Waals surface area contributed by atoms with Gasteiger partial charge in [-0.3, -0.25) is 24.0 Å². The Morgan fingerprint density at radius 1 is 0.609 bits per heavy atom. The van der Waals surface area contributed by atoms with E-state index in [4.69, 9.17) is 53.9 Å². The van der Waals surface area contributed by atoms with Crippen molar-refractivity contribution < 1.29 is 69.6 Å². The molecule has 9 N–H and O–H groups in total. The molecule has 6 atom stereocenters. The molecule has 0 unspecified atom stereocenters. The van der Waals surface area contributed by atoms with Crippen LogP contribution in [0.1, 0.15) is 200 Å². The maximum Gasteiger partial charge on any atom is 0.355 e. The van der Waals surface area contributed by atoms with Crippen LogP contribution >= 0.6 is 68.4 Å². The number of hydrogen-bond donors (Lipinski definition) is 7. The first kappa shape index (κ1) is 98.4. The number of rotatable bonds is 40. The quantitative estimate of drug-likeness (QED) is 0.00811. The number of hydrogen-bond acceptors (Lipinski definition) is 27. The summed E-state index contributed by atoms with van der Waals surface area (Å²) >= 11 is 6.80. The lowest BCUT2D eigenvalue weighted by Crippen LogP contribution is -2.54. The van der Waals surface area contributed by atoms with Crippen LogP contribution in [0.3, 0.4) is 0 Å². The lowest BCUT2D eigenvalue weighted by atomic mass is 9.84. The Morgan fingerprint density at radius 3 is 1.67 bits per heavy atom. The molecular weight excluding hydrogens is 1790 g/mol. The number of pyridine rings is 1. The molecule has 6 heterocycles. The van der Waals surface area contributed by atoms with Gasteiger partial charge in [0.1, 0.15) is 88.9 Å². The van der Waals surface area contributed by atoms with Crippen LogP contribution in [0, 0.1) is 6.92 Å². The number of aromatic carboxylic acids is 1. The Labute approximate surface area is 772 Å². The standard InChI is InChI=1S/C92H108N12O15S7Si2/c1-18-65(85-100-69(50-122-85)79(106)96-66(86-102-72(52-123-86)88(110)111)44-74(119-127(16,17)91(13,14)15)89(112)115-45-58-31-23-19-24-32-58)95-82(109)75(57(9)117-90(10,11)12)104-81(108)71-49-120-83(99-71)63-43-73(118-126(113,114)62-41-39-56(8)40-42-62)77(87-101-70(51-124-87)80(107)97-67(78(94)105)46-116-128(53(2)3,54(4)5)55(6)7)103-76(63)68-48-121-84(98-68)64(93)47-125-92(59-33-25-20-26-34-59,60-35-27-21-28-36-60)61-37-29-22-30-38-61/h18-43,48-55,57,64,66-67,74-75H,44-47,93H2,1-17H3,(H2,94,105)(H,95,109)(H,96,106)(H,97,107)(H,104,108)(H,110,111)/b65-18-/t57-,64+,66+,67+,74+,75+/m1/s1. The van der Waals surface area contributed by atoms with Gasteiger partial charge in [0.25, 0.3) is 17.7 Å². The van der Waals surface area contributed by atoms with Gasteiger partial charge >= 0.3 is 22.1 Å². The molecule has 11 rings (SSSR count). The number of allylic oxidation sites excluding steroid dienone is 1. The monoisotopic (exact) mass is 1900 g/mol. The van der Waals surface area contributed by atoms with E-state index in [2.05, 4.69) is 109 Å². The fourth-order valence-electron chi connectivity index (χ4n) is 14.7. The predicted octanol–water partition coefficient (Wildman–Crippen LogP) is 18.1. The van der Waals surface area contributed by atoms with Crippen LogP contribution in [0.4, 0.5) is 0 Å². The Hall–Kier alpha value is -10.2. The van der Waals surface area contributed by atoms with Crippen molar-refractivity contribution >= 4 is 142 Å². The number of ether oxygens (including phenoxy) is 2. The van der Waals surface area contributed by atoms with Crippen LogP contribution < -0.4 is 36.9 Å².